The summed E-state index contributed by atoms with van der Waals surface area (Å²) in [6.45, 7) is 2.07. The van der Waals surface area contributed by atoms with Gasteiger partial charge in [-0.3, -0.25) is 4.79 Å². The standard InChI is InChI=1S/C8H13N3O2S/c1-3-4-6-9-10-8(11(6)2)14-5-7(12)13/h3-5H2,1-2H3,(H,12,13). The van der Waals surface area contributed by atoms with Gasteiger partial charge in [-0.1, -0.05) is 18.7 Å². The molecule has 0 aliphatic rings. The lowest BCUT2D eigenvalue weighted by Crippen LogP contribution is -2.02. The van der Waals surface area contributed by atoms with Crippen molar-refractivity contribution in [2.24, 2.45) is 7.05 Å². The first-order chi connectivity index (χ1) is 6.65. The summed E-state index contributed by atoms with van der Waals surface area (Å²) in [5.41, 5.74) is 0. The van der Waals surface area contributed by atoms with Crippen molar-refractivity contribution in [3.8, 4) is 0 Å². The predicted molar refractivity (Wildman–Crippen MR) is 53.4 cm³/mol. The van der Waals surface area contributed by atoms with Crippen LogP contribution in [0.25, 0.3) is 0 Å². The second-order valence-electron chi connectivity index (χ2n) is 2.89. The Morgan fingerprint density at radius 2 is 2.29 bits per heavy atom. The maximum Gasteiger partial charge on any atom is 0.313 e. The molecule has 0 saturated carbocycles. The molecule has 0 unspecified atom stereocenters. The normalized spacial score (nSPS) is 10.4. The lowest BCUT2D eigenvalue weighted by atomic mass is 10.3. The molecule has 1 aromatic rings. The van der Waals surface area contributed by atoms with Crippen molar-refractivity contribution in [2.75, 3.05) is 5.75 Å². The Bertz CT molecular complexity index is 324. The molecule has 0 amide bonds. The Morgan fingerprint density at radius 1 is 1.57 bits per heavy atom. The quantitative estimate of drug-likeness (QED) is 0.740. The van der Waals surface area contributed by atoms with Gasteiger partial charge in [0.25, 0.3) is 0 Å². The van der Waals surface area contributed by atoms with Gasteiger partial charge >= 0.3 is 5.97 Å². The lowest BCUT2D eigenvalue weighted by Gasteiger charge is -2.00. The van der Waals surface area contributed by atoms with Crippen molar-refractivity contribution >= 4 is 17.7 Å². The Morgan fingerprint density at radius 3 is 2.86 bits per heavy atom. The fraction of sp³-hybridized carbons (Fsp3) is 0.625. The summed E-state index contributed by atoms with van der Waals surface area (Å²) < 4.78 is 1.84. The Labute approximate surface area is 86.5 Å². The van der Waals surface area contributed by atoms with Gasteiger partial charge in [-0.2, -0.15) is 0 Å². The Kier molecular flexibility index (Phi) is 3.94. The lowest BCUT2D eigenvalue weighted by molar-refractivity contribution is -0.133. The third-order valence-electron chi connectivity index (χ3n) is 1.72. The van der Waals surface area contributed by atoms with E-state index < -0.39 is 5.97 Å². The zero-order valence-electron chi connectivity index (χ0n) is 8.23. The van der Waals surface area contributed by atoms with Crippen LogP contribution in [0.4, 0.5) is 0 Å². The van der Waals surface area contributed by atoms with Crippen LogP contribution in [-0.4, -0.2) is 31.6 Å². The third kappa shape index (κ3) is 2.73. The molecule has 0 fully saturated rings. The molecule has 0 aliphatic carbocycles. The van der Waals surface area contributed by atoms with Crippen LogP contribution in [0.15, 0.2) is 5.16 Å². The van der Waals surface area contributed by atoms with Crippen LogP contribution in [-0.2, 0) is 18.3 Å². The minimum Gasteiger partial charge on any atom is -0.481 e. The van der Waals surface area contributed by atoms with E-state index in [2.05, 4.69) is 17.1 Å². The second-order valence-corrected chi connectivity index (χ2v) is 3.83. The van der Waals surface area contributed by atoms with Gasteiger partial charge in [-0.15, -0.1) is 10.2 Å². The van der Waals surface area contributed by atoms with Gasteiger partial charge in [0, 0.05) is 13.5 Å². The number of carbonyl (C=O) groups is 1. The van der Waals surface area contributed by atoms with E-state index in [9.17, 15) is 4.79 Å². The monoisotopic (exact) mass is 215 g/mol. The molecule has 1 heterocycles. The highest BCUT2D eigenvalue weighted by molar-refractivity contribution is 7.99. The van der Waals surface area contributed by atoms with Gasteiger partial charge in [0.2, 0.25) is 0 Å². The summed E-state index contributed by atoms with van der Waals surface area (Å²) in [5, 5.41) is 17.1. The number of aryl methyl sites for hydroxylation is 1. The fourth-order valence-corrected chi connectivity index (χ4v) is 1.69. The molecule has 1 N–H and O–H groups in total. The number of hydrogen-bond acceptors (Lipinski definition) is 4. The summed E-state index contributed by atoms with van der Waals surface area (Å²) in [4.78, 5) is 10.3. The summed E-state index contributed by atoms with van der Waals surface area (Å²) in [5.74, 6) is 0.0911. The van der Waals surface area contributed by atoms with Crippen molar-refractivity contribution in [3.05, 3.63) is 5.82 Å². The topological polar surface area (TPSA) is 68.0 Å². The van der Waals surface area contributed by atoms with Gasteiger partial charge in [-0.05, 0) is 6.42 Å². The molecule has 0 spiro atoms. The average molecular weight is 215 g/mol. The molecule has 14 heavy (non-hydrogen) atoms. The number of nitrogens with zero attached hydrogens (tertiary/aromatic N) is 3. The Hall–Kier alpha value is -1.04. The maximum absolute atomic E-state index is 10.3. The van der Waals surface area contributed by atoms with Gasteiger partial charge in [0.15, 0.2) is 5.16 Å². The zero-order chi connectivity index (χ0) is 10.6. The number of rotatable bonds is 5. The summed E-state index contributed by atoms with van der Waals surface area (Å²) in [6, 6.07) is 0. The average Bonchev–Trinajstić information content (AvgIpc) is 2.46. The van der Waals surface area contributed by atoms with Crippen LogP contribution < -0.4 is 0 Å². The first-order valence-electron chi connectivity index (χ1n) is 4.38. The zero-order valence-corrected chi connectivity index (χ0v) is 9.04. The van der Waals surface area contributed by atoms with E-state index in [0.717, 1.165) is 18.7 Å². The summed E-state index contributed by atoms with van der Waals surface area (Å²) in [7, 11) is 1.86. The van der Waals surface area contributed by atoms with Crippen LogP contribution in [0.1, 0.15) is 19.2 Å². The third-order valence-corrected chi connectivity index (χ3v) is 2.73. The number of hydrogen-bond donors (Lipinski definition) is 1. The van der Waals surface area contributed by atoms with Gasteiger partial charge in [0.1, 0.15) is 5.82 Å². The largest absolute Gasteiger partial charge is 0.481 e. The van der Waals surface area contributed by atoms with E-state index in [1.165, 1.54) is 11.8 Å². The SMILES string of the molecule is CCCc1nnc(SCC(=O)O)n1C. The molecule has 78 valence electrons. The molecule has 1 aromatic heterocycles. The van der Waals surface area contributed by atoms with Crippen molar-refractivity contribution in [3.63, 3.8) is 0 Å². The molecule has 0 aromatic carbocycles. The highest BCUT2D eigenvalue weighted by atomic mass is 32.2. The van der Waals surface area contributed by atoms with Crippen molar-refractivity contribution in [1.82, 2.24) is 14.8 Å². The summed E-state index contributed by atoms with van der Waals surface area (Å²) >= 11 is 1.19. The van der Waals surface area contributed by atoms with Crippen molar-refractivity contribution in [1.29, 1.82) is 0 Å². The van der Waals surface area contributed by atoms with E-state index >= 15 is 0 Å². The minimum absolute atomic E-state index is 0.0259. The van der Waals surface area contributed by atoms with Crippen molar-refractivity contribution in [2.45, 2.75) is 24.9 Å². The number of aromatic nitrogens is 3. The number of carboxylic acids is 1. The van der Waals surface area contributed by atoms with Gasteiger partial charge in [-0.25, -0.2) is 0 Å². The molecule has 0 atom stereocenters. The second kappa shape index (κ2) is 4.99. The van der Waals surface area contributed by atoms with E-state index in [1.54, 1.807) is 0 Å². The first kappa shape index (κ1) is 11.0. The number of thioether (sulfide) groups is 1. The smallest absolute Gasteiger partial charge is 0.313 e. The number of carboxylic acid groups (broad SMARTS) is 1. The highest BCUT2D eigenvalue weighted by Gasteiger charge is 2.09. The maximum atomic E-state index is 10.3. The van der Waals surface area contributed by atoms with Crippen LogP contribution in [0.3, 0.4) is 0 Å². The molecule has 0 bridgehead atoms. The molecule has 5 nitrogen and oxygen atoms in total. The van der Waals surface area contributed by atoms with Crippen LogP contribution in [0.2, 0.25) is 0 Å². The number of aliphatic carboxylic acids is 1. The predicted octanol–water partition coefficient (Wildman–Crippen LogP) is 0.944. The van der Waals surface area contributed by atoms with Crippen LogP contribution >= 0.6 is 11.8 Å². The molecular weight excluding hydrogens is 202 g/mol. The molecular formula is C8H13N3O2S. The van der Waals surface area contributed by atoms with Gasteiger partial charge < -0.3 is 9.67 Å². The van der Waals surface area contributed by atoms with E-state index in [0.29, 0.717) is 5.16 Å². The minimum atomic E-state index is -0.838. The van der Waals surface area contributed by atoms with Crippen LogP contribution in [0.5, 0.6) is 0 Å². The molecule has 0 radical (unpaired) electrons. The van der Waals surface area contributed by atoms with Crippen LogP contribution in [0, 0.1) is 0 Å². The summed E-state index contributed by atoms with van der Waals surface area (Å²) in [6.07, 6.45) is 1.88. The first-order valence-corrected chi connectivity index (χ1v) is 5.36. The highest BCUT2D eigenvalue weighted by Crippen LogP contribution is 2.15. The van der Waals surface area contributed by atoms with Gasteiger partial charge in [0.05, 0.1) is 5.75 Å². The molecule has 6 heteroatoms. The molecule has 0 saturated heterocycles. The molecule has 1 rings (SSSR count). The van der Waals surface area contributed by atoms with E-state index in [4.69, 9.17) is 5.11 Å². The fourth-order valence-electron chi connectivity index (χ4n) is 1.04. The Balaban J connectivity index is 2.64. The van der Waals surface area contributed by atoms with E-state index in [-0.39, 0.29) is 5.75 Å². The van der Waals surface area contributed by atoms with Crippen molar-refractivity contribution < 1.29 is 9.90 Å². The molecule has 0 aliphatic heterocycles. The van der Waals surface area contributed by atoms with E-state index in [1.807, 2.05) is 11.6 Å².